The van der Waals surface area contributed by atoms with Crippen molar-refractivity contribution in [2.75, 3.05) is 11.9 Å². The van der Waals surface area contributed by atoms with Gasteiger partial charge in [0.1, 0.15) is 0 Å². The van der Waals surface area contributed by atoms with Crippen LogP contribution in [0.4, 0.5) is 5.69 Å². The lowest BCUT2D eigenvalue weighted by Crippen LogP contribution is -2.39. The van der Waals surface area contributed by atoms with Crippen LogP contribution in [-0.2, 0) is 6.42 Å². The average Bonchev–Trinajstić information content (AvgIpc) is 2.48. The molecule has 1 heterocycles. The molecule has 0 aromatic heterocycles. The van der Waals surface area contributed by atoms with E-state index in [2.05, 4.69) is 43.2 Å². The Balaban J connectivity index is 2.54. The first kappa shape index (κ1) is 8.82. The van der Waals surface area contributed by atoms with E-state index in [-0.39, 0.29) is 0 Å². The molecule has 0 amide bonds. The monoisotopic (exact) mass is 191 g/mol. The molecule has 13 heavy (non-hydrogen) atoms. The van der Waals surface area contributed by atoms with Crippen LogP contribution < -0.4 is 10.5 Å². The van der Waals surface area contributed by atoms with E-state index in [1.54, 1.807) is 10.8 Å². The van der Waals surface area contributed by atoms with E-state index in [1.165, 1.54) is 12.1 Å². The van der Waals surface area contributed by atoms with Gasteiger partial charge in [0.05, 0.1) is 8.07 Å². The van der Waals surface area contributed by atoms with Crippen molar-refractivity contribution >= 4 is 18.9 Å². The van der Waals surface area contributed by atoms with Crippen LogP contribution in [0.25, 0.3) is 0 Å². The summed E-state index contributed by atoms with van der Waals surface area (Å²) in [6.07, 6.45) is 1.22. The lowest BCUT2D eigenvalue weighted by molar-refractivity contribution is 1.11. The minimum absolute atomic E-state index is 1.12. The molecule has 1 aliphatic heterocycles. The van der Waals surface area contributed by atoms with Gasteiger partial charge in [0.15, 0.2) is 0 Å². The molecule has 70 valence electrons. The first-order chi connectivity index (χ1) is 6.09. The van der Waals surface area contributed by atoms with Gasteiger partial charge in [-0.3, -0.25) is 0 Å². The first-order valence-electron chi connectivity index (χ1n) is 4.95. The Labute approximate surface area is 81.2 Å². The smallest absolute Gasteiger partial charge is 0.0780 e. The molecule has 1 aliphatic rings. The van der Waals surface area contributed by atoms with Gasteiger partial charge in [-0.15, -0.1) is 0 Å². The number of benzene rings is 1. The molecule has 1 N–H and O–H groups in total. The van der Waals surface area contributed by atoms with Gasteiger partial charge in [0.25, 0.3) is 0 Å². The normalized spacial score (nSPS) is 15.3. The molecule has 0 saturated heterocycles. The van der Waals surface area contributed by atoms with Gasteiger partial charge in [-0.1, -0.05) is 37.0 Å². The highest BCUT2D eigenvalue weighted by molar-refractivity contribution is 6.89. The molecule has 0 bridgehead atoms. The third kappa shape index (κ3) is 1.51. The van der Waals surface area contributed by atoms with Gasteiger partial charge >= 0.3 is 0 Å². The molecular weight excluding hydrogens is 174 g/mol. The summed E-state index contributed by atoms with van der Waals surface area (Å²) in [6, 6.07) is 6.70. The van der Waals surface area contributed by atoms with Crippen LogP contribution in [0.2, 0.25) is 19.6 Å². The van der Waals surface area contributed by atoms with E-state index >= 15 is 0 Å². The second-order valence-corrected chi connectivity index (χ2v) is 9.80. The maximum Gasteiger partial charge on any atom is 0.0780 e. The van der Waals surface area contributed by atoms with Crippen molar-refractivity contribution in [3.8, 4) is 0 Å². The van der Waals surface area contributed by atoms with Gasteiger partial charge in [-0.2, -0.15) is 0 Å². The van der Waals surface area contributed by atoms with Gasteiger partial charge in [0.2, 0.25) is 0 Å². The zero-order valence-electron chi connectivity index (χ0n) is 8.65. The van der Waals surface area contributed by atoms with E-state index in [9.17, 15) is 0 Å². The summed E-state index contributed by atoms with van der Waals surface area (Å²) in [5.74, 6) is 0. The zero-order chi connectivity index (χ0) is 9.47. The lowest BCUT2D eigenvalue weighted by atomic mass is 10.2. The van der Waals surface area contributed by atoms with Crippen molar-refractivity contribution in [2.45, 2.75) is 26.1 Å². The second-order valence-electron chi connectivity index (χ2n) is 4.76. The summed E-state index contributed by atoms with van der Waals surface area (Å²) in [5, 5.41) is 5.07. The lowest BCUT2D eigenvalue weighted by Gasteiger charge is -2.20. The highest BCUT2D eigenvalue weighted by atomic mass is 28.3. The molecule has 0 unspecified atom stereocenters. The number of hydrogen-bond acceptors (Lipinski definition) is 1. The van der Waals surface area contributed by atoms with Crippen LogP contribution in [0.3, 0.4) is 0 Å². The highest BCUT2D eigenvalue weighted by Crippen LogP contribution is 2.21. The third-order valence-corrected chi connectivity index (χ3v) is 4.76. The minimum atomic E-state index is -1.13. The second kappa shape index (κ2) is 2.88. The Kier molecular flexibility index (Phi) is 1.95. The predicted molar refractivity (Wildman–Crippen MR) is 61.6 cm³/mol. The zero-order valence-corrected chi connectivity index (χ0v) is 9.65. The van der Waals surface area contributed by atoms with Crippen molar-refractivity contribution in [3.05, 3.63) is 23.8 Å². The SMILES string of the molecule is C[Si](C)(C)c1cccc2c1CCN2. The summed E-state index contributed by atoms with van der Waals surface area (Å²) in [4.78, 5) is 0. The summed E-state index contributed by atoms with van der Waals surface area (Å²) in [6.45, 7) is 8.37. The molecule has 0 spiro atoms. The Hall–Kier alpha value is -0.763. The van der Waals surface area contributed by atoms with Gasteiger partial charge in [0, 0.05) is 12.2 Å². The van der Waals surface area contributed by atoms with E-state index < -0.39 is 8.07 Å². The molecule has 2 heteroatoms. The number of nitrogens with one attached hydrogen (secondary N) is 1. The molecule has 0 radical (unpaired) electrons. The Bertz CT molecular complexity index is 325. The van der Waals surface area contributed by atoms with Gasteiger partial charge < -0.3 is 5.32 Å². The van der Waals surface area contributed by atoms with Gasteiger partial charge in [-0.05, 0) is 18.1 Å². The van der Waals surface area contributed by atoms with Crippen molar-refractivity contribution in [2.24, 2.45) is 0 Å². The summed E-state index contributed by atoms with van der Waals surface area (Å²) < 4.78 is 0. The van der Waals surface area contributed by atoms with Crippen LogP contribution in [0.5, 0.6) is 0 Å². The molecule has 0 fully saturated rings. The topological polar surface area (TPSA) is 12.0 Å². The largest absolute Gasteiger partial charge is 0.384 e. The fourth-order valence-corrected chi connectivity index (χ4v) is 3.81. The first-order valence-corrected chi connectivity index (χ1v) is 8.45. The quantitative estimate of drug-likeness (QED) is 0.671. The van der Waals surface area contributed by atoms with Crippen LogP contribution in [0.15, 0.2) is 18.2 Å². The van der Waals surface area contributed by atoms with Crippen molar-refractivity contribution in [1.29, 1.82) is 0 Å². The van der Waals surface area contributed by atoms with Gasteiger partial charge in [-0.25, -0.2) is 0 Å². The molecule has 1 aromatic rings. The number of fused-ring (bicyclic) bond motifs is 1. The predicted octanol–water partition coefficient (Wildman–Crippen LogP) is 2.20. The maximum absolute atomic E-state index is 3.43. The fraction of sp³-hybridized carbons (Fsp3) is 0.455. The molecule has 2 rings (SSSR count). The Morgan fingerprint density at radius 2 is 2.00 bits per heavy atom. The molecule has 0 atom stereocenters. The summed E-state index contributed by atoms with van der Waals surface area (Å²) >= 11 is 0. The van der Waals surface area contributed by atoms with Crippen molar-refractivity contribution < 1.29 is 0 Å². The van der Waals surface area contributed by atoms with E-state index in [0.717, 1.165) is 6.54 Å². The number of anilines is 1. The summed E-state index contributed by atoms with van der Waals surface area (Å²) in [7, 11) is -1.13. The molecule has 0 saturated carbocycles. The van der Waals surface area contributed by atoms with E-state index in [0.29, 0.717) is 0 Å². The Morgan fingerprint density at radius 1 is 1.23 bits per heavy atom. The van der Waals surface area contributed by atoms with Crippen LogP contribution in [0.1, 0.15) is 5.56 Å². The fourth-order valence-electron chi connectivity index (χ4n) is 2.05. The highest BCUT2D eigenvalue weighted by Gasteiger charge is 2.23. The van der Waals surface area contributed by atoms with Crippen LogP contribution in [0, 0.1) is 0 Å². The molecule has 1 nitrogen and oxygen atoms in total. The van der Waals surface area contributed by atoms with E-state index in [1.807, 2.05) is 0 Å². The molecular formula is C11H17NSi. The maximum atomic E-state index is 3.43. The van der Waals surface area contributed by atoms with E-state index in [4.69, 9.17) is 0 Å². The summed E-state index contributed by atoms with van der Waals surface area (Å²) in [5.41, 5.74) is 2.96. The third-order valence-electron chi connectivity index (χ3n) is 2.67. The van der Waals surface area contributed by atoms with Crippen LogP contribution >= 0.6 is 0 Å². The molecule has 0 aliphatic carbocycles. The Morgan fingerprint density at radius 3 is 2.69 bits per heavy atom. The van der Waals surface area contributed by atoms with Crippen molar-refractivity contribution in [3.63, 3.8) is 0 Å². The standard InChI is InChI=1S/C11H17NSi/c1-13(2,3)11-6-4-5-10-9(11)7-8-12-10/h4-6,12H,7-8H2,1-3H3. The van der Waals surface area contributed by atoms with Crippen molar-refractivity contribution in [1.82, 2.24) is 0 Å². The van der Waals surface area contributed by atoms with Crippen LogP contribution in [-0.4, -0.2) is 14.6 Å². The minimum Gasteiger partial charge on any atom is -0.384 e. The number of hydrogen-bond donors (Lipinski definition) is 1. The average molecular weight is 191 g/mol. The molecule has 1 aromatic carbocycles. The number of rotatable bonds is 1.